The van der Waals surface area contributed by atoms with Crippen molar-refractivity contribution in [2.75, 3.05) is 7.11 Å². The summed E-state index contributed by atoms with van der Waals surface area (Å²) in [6, 6.07) is 6.13. The number of esters is 1. The molecule has 0 fully saturated rings. The van der Waals surface area contributed by atoms with Crippen molar-refractivity contribution in [2.45, 2.75) is 40.7 Å². The van der Waals surface area contributed by atoms with Crippen molar-refractivity contribution >= 4 is 27.4 Å². The van der Waals surface area contributed by atoms with Gasteiger partial charge in [0.1, 0.15) is 12.4 Å². The molecule has 0 aliphatic heterocycles. The van der Waals surface area contributed by atoms with E-state index in [2.05, 4.69) is 31.0 Å². The van der Waals surface area contributed by atoms with Gasteiger partial charge in [0.15, 0.2) is 0 Å². The molecule has 2 aromatic heterocycles. The number of hydrogen-bond donors (Lipinski definition) is 0. The van der Waals surface area contributed by atoms with Crippen LogP contribution in [-0.2, 0) is 22.6 Å². The number of carbonyl (C=O) groups is 1. The fourth-order valence-electron chi connectivity index (χ4n) is 3.12. The second-order valence-corrected chi connectivity index (χ2v) is 7.40. The Morgan fingerprint density at radius 3 is 2.62 bits per heavy atom. The number of aryl methyl sites for hydroxylation is 4. The van der Waals surface area contributed by atoms with Gasteiger partial charge >= 0.3 is 5.97 Å². The fourth-order valence-corrected chi connectivity index (χ4v) is 4.27. The van der Waals surface area contributed by atoms with Crippen LogP contribution in [-0.4, -0.2) is 18.1 Å². The molecule has 0 amide bonds. The summed E-state index contributed by atoms with van der Waals surface area (Å²) in [4.78, 5) is 16.1. The lowest BCUT2D eigenvalue weighted by molar-refractivity contribution is -0.139. The van der Waals surface area contributed by atoms with Crippen molar-refractivity contribution < 1.29 is 14.3 Å². The van der Waals surface area contributed by atoms with Gasteiger partial charge < -0.3 is 9.47 Å². The zero-order valence-electron chi connectivity index (χ0n) is 15.8. The Kier molecular flexibility index (Phi) is 5.28. The minimum absolute atomic E-state index is 0.218. The van der Waals surface area contributed by atoms with Crippen LogP contribution in [0.25, 0.3) is 10.1 Å². The number of pyridine rings is 1. The second-order valence-electron chi connectivity index (χ2n) is 6.52. The van der Waals surface area contributed by atoms with Gasteiger partial charge in [-0.2, -0.15) is 0 Å². The van der Waals surface area contributed by atoms with Crippen molar-refractivity contribution in [1.29, 1.82) is 0 Å². The van der Waals surface area contributed by atoms with Gasteiger partial charge in [-0.15, -0.1) is 11.3 Å². The van der Waals surface area contributed by atoms with E-state index in [0.29, 0.717) is 13.0 Å². The van der Waals surface area contributed by atoms with Crippen LogP contribution in [0.15, 0.2) is 23.6 Å². The van der Waals surface area contributed by atoms with Gasteiger partial charge in [0.2, 0.25) is 0 Å². The van der Waals surface area contributed by atoms with Crippen LogP contribution in [0.4, 0.5) is 0 Å². The van der Waals surface area contributed by atoms with E-state index in [1.54, 1.807) is 11.3 Å². The van der Waals surface area contributed by atoms with Crippen molar-refractivity contribution in [3.63, 3.8) is 0 Å². The molecule has 26 heavy (non-hydrogen) atoms. The fraction of sp³-hybridized carbons (Fsp3) is 0.333. The Bertz CT molecular complexity index is 975. The van der Waals surface area contributed by atoms with Crippen molar-refractivity contribution in [2.24, 2.45) is 0 Å². The molecule has 2 heterocycles. The molecule has 136 valence electrons. The molecule has 0 atom stereocenters. The molecule has 0 bridgehead atoms. The number of ether oxygens (including phenoxy) is 2. The molecule has 5 heteroatoms. The van der Waals surface area contributed by atoms with Gasteiger partial charge in [-0.1, -0.05) is 6.07 Å². The Hall–Kier alpha value is -2.40. The number of hydrogen-bond acceptors (Lipinski definition) is 5. The molecular formula is C21H23NO3S. The Morgan fingerprint density at radius 2 is 1.92 bits per heavy atom. The van der Waals surface area contributed by atoms with E-state index < -0.39 is 0 Å². The maximum absolute atomic E-state index is 11.7. The van der Waals surface area contributed by atoms with Crippen LogP contribution in [0.5, 0.6) is 5.75 Å². The average Bonchev–Trinajstić information content (AvgIpc) is 3.02. The third kappa shape index (κ3) is 3.58. The van der Waals surface area contributed by atoms with Gasteiger partial charge in [0, 0.05) is 27.2 Å². The summed E-state index contributed by atoms with van der Waals surface area (Å²) in [5, 5.41) is 3.18. The minimum Gasteiger partial charge on any atom is -0.489 e. The first kappa shape index (κ1) is 18.4. The summed E-state index contributed by atoms with van der Waals surface area (Å²) < 4.78 is 12.1. The smallest absolute Gasteiger partial charge is 0.310 e. The highest BCUT2D eigenvalue weighted by Gasteiger charge is 2.16. The normalized spacial score (nSPS) is 11.0. The molecule has 0 aliphatic carbocycles. The number of rotatable bonds is 5. The van der Waals surface area contributed by atoms with E-state index in [0.717, 1.165) is 49.5 Å². The maximum atomic E-state index is 11.7. The van der Waals surface area contributed by atoms with Gasteiger partial charge in [-0.25, -0.2) is 0 Å². The van der Waals surface area contributed by atoms with Gasteiger partial charge in [-0.05, 0) is 61.7 Å². The number of nitrogens with zero attached hydrogens (tertiary/aromatic N) is 1. The predicted octanol–water partition coefficient (Wildman–Crippen LogP) is 4.82. The zero-order valence-corrected chi connectivity index (χ0v) is 16.6. The first-order chi connectivity index (χ1) is 12.4. The van der Waals surface area contributed by atoms with Crippen LogP contribution >= 0.6 is 11.3 Å². The number of carbonyl (C=O) groups excluding carboxylic acids is 1. The standard InChI is InChI=1S/C21H23NO3S/c1-12-8-18(25-10-16-7-6-13(2)22-15(16)4)14(3)21-20(12)17(11-26-21)9-19(23)24-5/h6-8,11H,9-10H2,1-5H3. The average molecular weight is 369 g/mol. The summed E-state index contributed by atoms with van der Waals surface area (Å²) in [6.45, 7) is 8.61. The molecule has 0 saturated carbocycles. The lowest BCUT2D eigenvalue weighted by atomic mass is 10.0. The van der Waals surface area contributed by atoms with Crippen molar-refractivity contribution in [3.8, 4) is 5.75 Å². The van der Waals surface area contributed by atoms with Crippen molar-refractivity contribution in [1.82, 2.24) is 4.98 Å². The molecule has 1 aromatic carbocycles. The molecule has 0 radical (unpaired) electrons. The Balaban J connectivity index is 1.90. The van der Waals surface area contributed by atoms with E-state index in [1.165, 1.54) is 7.11 Å². The number of fused-ring (bicyclic) bond motifs is 1. The highest BCUT2D eigenvalue weighted by Crippen LogP contribution is 2.37. The summed E-state index contributed by atoms with van der Waals surface area (Å²) in [6.07, 6.45) is 0.297. The first-order valence-corrected chi connectivity index (χ1v) is 9.41. The minimum atomic E-state index is -0.218. The third-order valence-electron chi connectivity index (χ3n) is 4.60. The van der Waals surface area contributed by atoms with Gasteiger partial charge in [0.05, 0.1) is 13.5 Å². The second kappa shape index (κ2) is 7.46. The summed E-state index contributed by atoms with van der Waals surface area (Å²) >= 11 is 1.65. The number of aromatic nitrogens is 1. The SMILES string of the molecule is COC(=O)Cc1csc2c(C)c(OCc3ccc(C)nc3C)cc(C)c12. The van der Waals surface area contributed by atoms with Crippen molar-refractivity contribution in [3.05, 3.63) is 57.2 Å². The lowest BCUT2D eigenvalue weighted by Crippen LogP contribution is -2.04. The number of benzene rings is 1. The molecule has 0 saturated heterocycles. The first-order valence-electron chi connectivity index (χ1n) is 8.53. The van der Waals surface area contributed by atoms with E-state index in [4.69, 9.17) is 9.47 Å². The maximum Gasteiger partial charge on any atom is 0.310 e. The molecule has 4 nitrogen and oxygen atoms in total. The molecule has 0 unspecified atom stereocenters. The molecular weight excluding hydrogens is 346 g/mol. The summed E-state index contributed by atoms with van der Waals surface area (Å²) in [7, 11) is 1.42. The highest BCUT2D eigenvalue weighted by atomic mass is 32.1. The molecule has 3 rings (SSSR count). The van der Waals surface area contributed by atoms with E-state index in [-0.39, 0.29) is 5.97 Å². The van der Waals surface area contributed by atoms with Crippen LogP contribution < -0.4 is 4.74 Å². The quantitative estimate of drug-likeness (QED) is 0.605. The molecule has 0 aliphatic rings. The van der Waals surface area contributed by atoms with Gasteiger partial charge in [0.25, 0.3) is 0 Å². The van der Waals surface area contributed by atoms with Gasteiger partial charge in [-0.3, -0.25) is 9.78 Å². The van der Waals surface area contributed by atoms with Crippen LogP contribution in [0, 0.1) is 27.7 Å². The summed E-state index contributed by atoms with van der Waals surface area (Å²) in [5.41, 5.74) is 6.32. The Labute approximate surface area is 157 Å². The van der Waals surface area contributed by atoms with Crippen LogP contribution in [0.1, 0.15) is 33.6 Å². The highest BCUT2D eigenvalue weighted by molar-refractivity contribution is 7.17. The zero-order chi connectivity index (χ0) is 18.8. The number of methoxy groups -OCH3 is 1. The van der Waals surface area contributed by atoms with Crippen LogP contribution in [0.2, 0.25) is 0 Å². The molecule has 3 aromatic rings. The van der Waals surface area contributed by atoms with Crippen LogP contribution in [0.3, 0.4) is 0 Å². The lowest BCUT2D eigenvalue weighted by Gasteiger charge is -2.13. The van der Waals surface area contributed by atoms with E-state index in [1.807, 2.05) is 25.3 Å². The molecule has 0 spiro atoms. The third-order valence-corrected chi connectivity index (χ3v) is 5.75. The number of thiophene rings is 1. The van der Waals surface area contributed by atoms with E-state index >= 15 is 0 Å². The largest absolute Gasteiger partial charge is 0.489 e. The summed E-state index contributed by atoms with van der Waals surface area (Å²) in [5.74, 6) is 0.658. The monoisotopic (exact) mass is 369 g/mol. The topological polar surface area (TPSA) is 48.4 Å². The predicted molar refractivity (Wildman–Crippen MR) is 105 cm³/mol. The van der Waals surface area contributed by atoms with E-state index in [9.17, 15) is 4.79 Å². The Morgan fingerprint density at radius 1 is 1.15 bits per heavy atom. The molecule has 0 N–H and O–H groups in total.